The van der Waals surface area contributed by atoms with Crippen molar-refractivity contribution >= 4 is 5.91 Å². The highest BCUT2D eigenvalue weighted by Crippen LogP contribution is 2.23. The Hall–Kier alpha value is -1.39. The van der Waals surface area contributed by atoms with Crippen LogP contribution in [-0.2, 0) is 14.9 Å². The highest BCUT2D eigenvalue weighted by Gasteiger charge is 2.29. The number of ether oxygens (including phenoxy) is 1. The molecule has 1 aromatic rings. The number of hydrogen-bond acceptors (Lipinski definition) is 3. The number of amides is 1. The predicted molar refractivity (Wildman–Crippen MR) is 103 cm³/mol. The zero-order valence-electron chi connectivity index (χ0n) is 16.5. The minimum Gasteiger partial charge on any atom is -0.373 e. The van der Waals surface area contributed by atoms with Gasteiger partial charge in [0.05, 0.1) is 17.6 Å². The minimum absolute atomic E-state index is 0.102. The first-order chi connectivity index (χ1) is 11.8. The number of benzene rings is 1. The molecule has 1 aliphatic rings. The van der Waals surface area contributed by atoms with Crippen molar-refractivity contribution in [2.45, 2.75) is 65.1 Å². The molecule has 0 aromatic heterocycles. The number of rotatable bonds is 7. The maximum atomic E-state index is 12.6. The Morgan fingerprint density at radius 2 is 1.76 bits per heavy atom. The van der Waals surface area contributed by atoms with Gasteiger partial charge in [0.15, 0.2) is 0 Å². The van der Waals surface area contributed by atoms with Crippen molar-refractivity contribution in [3.8, 4) is 0 Å². The molecule has 25 heavy (non-hydrogen) atoms. The average molecular weight is 347 g/mol. The standard InChI is InChI=1S/C21H34N2O2/c1-16-8-10-19(11-9-16)21(4,5)20(24)22-12-6-7-13-23-14-17(2)25-18(3)15-23/h8-11,17-18H,6-7,12-15H2,1-5H3,(H,22,24)/t17-,18-/m0/s1. The van der Waals surface area contributed by atoms with Crippen LogP contribution in [0.2, 0.25) is 0 Å². The first-order valence-corrected chi connectivity index (χ1v) is 9.52. The van der Waals surface area contributed by atoms with E-state index in [2.05, 4.69) is 55.3 Å². The van der Waals surface area contributed by atoms with Gasteiger partial charge in [-0.15, -0.1) is 0 Å². The Balaban J connectivity index is 1.70. The molecule has 0 saturated carbocycles. The molecular weight excluding hydrogens is 312 g/mol. The maximum Gasteiger partial charge on any atom is 0.230 e. The summed E-state index contributed by atoms with van der Waals surface area (Å²) >= 11 is 0. The minimum atomic E-state index is -0.497. The van der Waals surface area contributed by atoms with Gasteiger partial charge in [-0.25, -0.2) is 0 Å². The van der Waals surface area contributed by atoms with Crippen LogP contribution in [0.15, 0.2) is 24.3 Å². The van der Waals surface area contributed by atoms with Crippen LogP contribution in [0.4, 0.5) is 0 Å². The van der Waals surface area contributed by atoms with Gasteiger partial charge in [0, 0.05) is 19.6 Å². The summed E-state index contributed by atoms with van der Waals surface area (Å²) in [6, 6.07) is 8.23. The van der Waals surface area contributed by atoms with Crippen molar-refractivity contribution in [3.63, 3.8) is 0 Å². The first-order valence-electron chi connectivity index (χ1n) is 9.52. The molecule has 0 spiro atoms. The SMILES string of the molecule is Cc1ccc(C(C)(C)C(=O)NCCCCN2C[C@H](C)O[C@@H](C)C2)cc1. The van der Waals surface area contributed by atoms with Crippen molar-refractivity contribution in [2.75, 3.05) is 26.2 Å². The Morgan fingerprint density at radius 1 is 1.16 bits per heavy atom. The molecule has 1 aliphatic heterocycles. The van der Waals surface area contributed by atoms with E-state index in [0.717, 1.165) is 44.6 Å². The number of unbranched alkanes of at least 4 members (excludes halogenated alkanes) is 1. The van der Waals surface area contributed by atoms with Crippen LogP contribution in [0, 0.1) is 6.92 Å². The van der Waals surface area contributed by atoms with Gasteiger partial charge in [-0.2, -0.15) is 0 Å². The molecular formula is C21H34N2O2. The van der Waals surface area contributed by atoms with E-state index in [9.17, 15) is 4.79 Å². The highest BCUT2D eigenvalue weighted by molar-refractivity contribution is 5.87. The largest absolute Gasteiger partial charge is 0.373 e. The normalized spacial score (nSPS) is 22.0. The maximum absolute atomic E-state index is 12.6. The lowest BCUT2D eigenvalue weighted by Gasteiger charge is -2.35. The van der Waals surface area contributed by atoms with Crippen molar-refractivity contribution < 1.29 is 9.53 Å². The summed E-state index contributed by atoms with van der Waals surface area (Å²) < 4.78 is 5.76. The van der Waals surface area contributed by atoms with Crippen LogP contribution < -0.4 is 5.32 Å². The van der Waals surface area contributed by atoms with E-state index in [-0.39, 0.29) is 5.91 Å². The Bertz CT molecular complexity index is 544. The van der Waals surface area contributed by atoms with Crippen LogP contribution in [0.3, 0.4) is 0 Å². The lowest BCUT2D eigenvalue weighted by Crippen LogP contribution is -2.45. The van der Waals surface area contributed by atoms with Gasteiger partial charge in [-0.05, 0) is 59.6 Å². The number of carbonyl (C=O) groups excluding carboxylic acids is 1. The Kier molecular flexibility index (Phi) is 7.03. The number of nitrogens with one attached hydrogen (secondary N) is 1. The topological polar surface area (TPSA) is 41.6 Å². The molecule has 1 N–H and O–H groups in total. The smallest absolute Gasteiger partial charge is 0.230 e. The molecule has 1 fully saturated rings. The van der Waals surface area contributed by atoms with Crippen molar-refractivity contribution in [3.05, 3.63) is 35.4 Å². The fourth-order valence-corrected chi connectivity index (χ4v) is 3.45. The van der Waals surface area contributed by atoms with Gasteiger partial charge in [0.1, 0.15) is 0 Å². The second-order valence-corrected chi connectivity index (χ2v) is 7.97. The van der Waals surface area contributed by atoms with Crippen molar-refractivity contribution in [2.24, 2.45) is 0 Å². The van der Waals surface area contributed by atoms with Crippen molar-refractivity contribution in [1.29, 1.82) is 0 Å². The van der Waals surface area contributed by atoms with Gasteiger partial charge < -0.3 is 10.1 Å². The summed E-state index contributed by atoms with van der Waals surface area (Å²) in [5, 5.41) is 3.11. The highest BCUT2D eigenvalue weighted by atomic mass is 16.5. The fraction of sp³-hybridized carbons (Fsp3) is 0.667. The van der Waals surface area contributed by atoms with Crippen LogP contribution in [-0.4, -0.2) is 49.2 Å². The number of morpholine rings is 1. The monoisotopic (exact) mass is 346 g/mol. The third-order valence-corrected chi connectivity index (χ3v) is 5.02. The lowest BCUT2D eigenvalue weighted by atomic mass is 9.83. The van der Waals surface area contributed by atoms with Crippen LogP contribution in [0.1, 0.15) is 51.7 Å². The van der Waals surface area contributed by atoms with E-state index >= 15 is 0 Å². The summed E-state index contributed by atoms with van der Waals surface area (Å²) in [4.78, 5) is 15.0. The second kappa shape index (κ2) is 8.81. The molecule has 0 bridgehead atoms. The van der Waals surface area contributed by atoms with Crippen LogP contribution in [0.25, 0.3) is 0 Å². The quantitative estimate of drug-likeness (QED) is 0.771. The summed E-state index contributed by atoms with van der Waals surface area (Å²) in [7, 11) is 0. The van der Waals surface area contributed by atoms with Crippen molar-refractivity contribution in [1.82, 2.24) is 10.2 Å². The third kappa shape index (κ3) is 5.82. The summed E-state index contributed by atoms with van der Waals surface area (Å²) in [6.07, 6.45) is 2.75. The Labute approximate surface area is 152 Å². The van der Waals surface area contributed by atoms with Crippen LogP contribution in [0.5, 0.6) is 0 Å². The molecule has 1 saturated heterocycles. The summed E-state index contributed by atoms with van der Waals surface area (Å²) in [6.45, 7) is 14.2. The number of carbonyl (C=O) groups is 1. The van der Waals surface area contributed by atoms with Crippen LogP contribution >= 0.6 is 0 Å². The molecule has 4 heteroatoms. The number of hydrogen-bond donors (Lipinski definition) is 1. The first kappa shape index (κ1) is 19.9. The molecule has 0 unspecified atom stereocenters. The molecule has 1 heterocycles. The second-order valence-electron chi connectivity index (χ2n) is 7.97. The predicted octanol–water partition coefficient (Wildman–Crippen LogP) is 3.28. The van der Waals surface area contributed by atoms with E-state index in [1.165, 1.54) is 5.56 Å². The molecule has 140 valence electrons. The lowest BCUT2D eigenvalue weighted by molar-refractivity contribution is -0.125. The van der Waals surface area contributed by atoms with Gasteiger partial charge in [0.25, 0.3) is 0 Å². The van der Waals surface area contributed by atoms with E-state index in [1.54, 1.807) is 0 Å². The molecule has 1 amide bonds. The van der Waals surface area contributed by atoms with Gasteiger partial charge in [-0.1, -0.05) is 29.8 Å². The zero-order chi connectivity index (χ0) is 18.4. The molecule has 1 aromatic carbocycles. The van der Waals surface area contributed by atoms with Gasteiger partial charge >= 0.3 is 0 Å². The average Bonchev–Trinajstić information content (AvgIpc) is 2.53. The van der Waals surface area contributed by atoms with E-state index in [4.69, 9.17) is 4.74 Å². The zero-order valence-corrected chi connectivity index (χ0v) is 16.5. The van der Waals surface area contributed by atoms with Gasteiger partial charge in [-0.3, -0.25) is 9.69 Å². The molecule has 4 nitrogen and oxygen atoms in total. The molecule has 0 radical (unpaired) electrons. The summed E-state index contributed by atoms with van der Waals surface area (Å²) in [5.41, 5.74) is 1.78. The van der Waals surface area contributed by atoms with E-state index in [0.29, 0.717) is 12.2 Å². The molecule has 0 aliphatic carbocycles. The van der Waals surface area contributed by atoms with E-state index in [1.807, 2.05) is 13.8 Å². The Morgan fingerprint density at radius 3 is 2.36 bits per heavy atom. The van der Waals surface area contributed by atoms with E-state index < -0.39 is 5.41 Å². The van der Waals surface area contributed by atoms with Gasteiger partial charge in [0.2, 0.25) is 5.91 Å². The number of aryl methyl sites for hydroxylation is 1. The molecule has 2 atom stereocenters. The molecule has 2 rings (SSSR count). The third-order valence-electron chi connectivity index (χ3n) is 5.02. The number of nitrogens with zero attached hydrogens (tertiary/aromatic N) is 1. The fourth-order valence-electron chi connectivity index (χ4n) is 3.45. The summed E-state index contributed by atoms with van der Waals surface area (Å²) in [5.74, 6) is 0.102.